The molecule has 0 saturated carbocycles. The lowest BCUT2D eigenvalue weighted by molar-refractivity contribution is 0.104. The van der Waals surface area contributed by atoms with E-state index in [9.17, 15) is 4.79 Å². The highest BCUT2D eigenvalue weighted by Crippen LogP contribution is 2.16. The Labute approximate surface area is 122 Å². The van der Waals surface area contributed by atoms with Gasteiger partial charge in [0.05, 0.1) is 0 Å². The monoisotopic (exact) mass is 288 g/mol. The van der Waals surface area contributed by atoms with Crippen molar-refractivity contribution in [1.29, 1.82) is 0 Å². The van der Waals surface area contributed by atoms with Gasteiger partial charge in [-0.1, -0.05) is 29.8 Å². The third kappa shape index (κ3) is 3.98. The molecular formula is C16H13ClOS. The summed E-state index contributed by atoms with van der Waals surface area (Å²) >= 11 is 7.48. The maximum absolute atomic E-state index is 11.9. The van der Waals surface area contributed by atoms with Crippen LogP contribution in [0.15, 0.2) is 59.5 Å². The molecule has 0 radical (unpaired) electrons. The lowest BCUT2D eigenvalue weighted by Gasteiger charge is -1.98. The van der Waals surface area contributed by atoms with E-state index >= 15 is 0 Å². The quantitative estimate of drug-likeness (QED) is 0.449. The standard InChI is InChI=1S/C16H13ClOS/c1-19-15-9-2-12(3-10-15)4-11-16(18)13-5-7-14(17)8-6-13/h2-11H,1H3. The first-order valence-electron chi connectivity index (χ1n) is 5.81. The van der Waals surface area contributed by atoms with Gasteiger partial charge < -0.3 is 0 Å². The van der Waals surface area contributed by atoms with Gasteiger partial charge in [0.25, 0.3) is 0 Å². The fraction of sp³-hybridized carbons (Fsp3) is 0.0625. The van der Waals surface area contributed by atoms with Crippen LogP contribution >= 0.6 is 23.4 Å². The number of carbonyl (C=O) groups is 1. The van der Waals surface area contributed by atoms with Gasteiger partial charge in [0.15, 0.2) is 5.78 Å². The first-order chi connectivity index (χ1) is 9.19. The number of hydrogen-bond acceptors (Lipinski definition) is 2. The molecule has 0 atom stereocenters. The van der Waals surface area contributed by atoms with Gasteiger partial charge in [-0.15, -0.1) is 11.8 Å². The Hall–Kier alpha value is -1.51. The predicted octanol–water partition coefficient (Wildman–Crippen LogP) is 4.96. The van der Waals surface area contributed by atoms with Crippen LogP contribution in [0.5, 0.6) is 0 Å². The SMILES string of the molecule is CSc1ccc(C=CC(=O)c2ccc(Cl)cc2)cc1. The summed E-state index contributed by atoms with van der Waals surface area (Å²) in [4.78, 5) is 13.1. The van der Waals surface area contributed by atoms with Crippen molar-refractivity contribution < 1.29 is 4.79 Å². The molecular weight excluding hydrogens is 276 g/mol. The van der Waals surface area contributed by atoms with E-state index in [1.807, 2.05) is 36.6 Å². The summed E-state index contributed by atoms with van der Waals surface area (Å²) in [5.74, 6) is -0.0226. The zero-order valence-electron chi connectivity index (χ0n) is 10.5. The van der Waals surface area contributed by atoms with Crippen molar-refractivity contribution in [2.75, 3.05) is 6.26 Å². The van der Waals surface area contributed by atoms with Crippen LogP contribution in [-0.2, 0) is 0 Å². The summed E-state index contributed by atoms with van der Waals surface area (Å²) in [5.41, 5.74) is 1.65. The van der Waals surface area contributed by atoms with Crippen LogP contribution in [-0.4, -0.2) is 12.0 Å². The molecule has 0 heterocycles. The largest absolute Gasteiger partial charge is 0.289 e. The molecule has 0 N–H and O–H groups in total. The van der Waals surface area contributed by atoms with E-state index in [1.54, 1.807) is 42.1 Å². The number of rotatable bonds is 4. The molecule has 19 heavy (non-hydrogen) atoms. The molecule has 0 bridgehead atoms. The van der Waals surface area contributed by atoms with E-state index in [4.69, 9.17) is 11.6 Å². The fourth-order valence-corrected chi connectivity index (χ4v) is 2.13. The average Bonchev–Trinajstić information content (AvgIpc) is 2.46. The van der Waals surface area contributed by atoms with Crippen molar-refractivity contribution in [3.63, 3.8) is 0 Å². The average molecular weight is 289 g/mol. The second-order valence-corrected chi connectivity index (χ2v) is 5.29. The molecule has 0 unspecified atom stereocenters. The Kier molecular flexibility index (Phi) is 4.83. The Morgan fingerprint density at radius 1 is 1.05 bits per heavy atom. The fourth-order valence-electron chi connectivity index (χ4n) is 1.60. The summed E-state index contributed by atoms with van der Waals surface area (Å²) in [6.07, 6.45) is 5.44. The van der Waals surface area contributed by atoms with Gasteiger partial charge >= 0.3 is 0 Å². The second-order valence-electron chi connectivity index (χ2n) is 3.98. The van der Waals surface area contributed by atoms with E-state index in [-0.39, 0.29) is 5.78 Å². The molecule has 0 aliphatic rings. The van der Waals surface area contributed by atoms with E-state index in [1.165, 1.54) is 4.90 Å². The van der Waals surface area contributed by atoms with Gasteiger partial charge in [0.2, 0.25) is 0 Å². The summed E-state index contributed by atoms with van der Waals surface area (Å²) in [7, 11) is 0. The topological polar surface area (TPSA) is 17.1 Å². The molecule has 1 nitrogen and oxygen atoms in total. The molecule has 0 aromatic heterocycles. The summed E-state index contributed by atoms with van der Waals surface area (Å²) < 4.78 is 0. The lowest BCUT2D eigenvalue weighted by Crippen LogP contribution is -1.92. The summed E-state index contributed by atoms with van der Waals surface area (Å²) in [5, 5.41) is 0.633. The molecule has 2 aromatic carbocycles. The smallest absolute Gasteiger partial charge is 0.185 e. The Morgan fingerprint density at radius 2 is 1.68 bits per heavy atom. The minimum atomic E-state index is -0.0226. The normalized spacial score (nSPS) is 10.8. The summed E-state index contributed by atoms with van der Waals surface area (Å²) in [6.45, 7) is 0. The van der Waals surface area contributed by atoms with Crippen molar-refractivity contribution in [3.05, 3.63) is 70.8 Å². The van der Waals surface area contributed by atoms with Crippen LogP contribution < -0.4 is 0 Å². The Bertz CT molecular complexity index is 585. The first kappa shape index (κ1) is 13.9. The molecule has 2 aromatic rings. The van der Waals surface area contributed by atoms with Gasteiger partial charge in [-0.3, -0.25) is 4.79 Å². The van der Waals surface area contributed by atoms with Crippen LogP contribution in [0.2, 0.25) is 5.02 Å². The van der Waals surface area contributed by atoms with Crippen molar-refractivity contribution >= 4 is 35.2 Å². The van der Waals surface area contributed by atoms with Crippen LogP contribution in [0.4, 0.5) is 0 Å². The minimum Gasteiger partial charge on any atom is -0.289 e. The molecule has 3 heteroatoms. The molecule has 0 aliphatic carbocycles. The Balaban J connectivity index is 2.08. The zero-order chi connectivity index (χ0) is 13.7. The lowest BCUT2D eigenvalue weighted by atomic mass is 10.1. The van der Waals surface area contributed by atoms with Crippen molar-refractivity contribution in [2.24, 2.45) is 0 Å². The second kappa shape index (κ2) is 6.60. The maximum Gasteiger partial charge on any atom is 0.185 e. The Morgan fingerprint density at radius 3 is 2.26 bits per heavy atom. The molecule has 2 rings (SSSR count). The third-order valence-electron chi connectivity index (χ3n) is 2.67. The van der Waals surface area contributed by atoms with Crippen LogP contribution in [0.1, 0.15) is 15.9 Å². The van der Waals surface area contributed by atoms with Gasteiger partial charge in [0, 0.05) is 15.5 Å². The number of halogens is 1. The molecule has 0 saturated heterocycles. The van der Waals surface area contributed by atoms with Gasteiger partial charge in [0.1, 0.15) is 0 Å². The highest BCUT2D eigenvalue weighted by molar-refractivity contribution is 7.98. The maximum atomic E-state index is 11.9. The number of benzene rings is 2. The molecule has 0 fully saturated rings. The third-order valence-corrected chi connectivity index (χ3v) is 3.67. The van der Waals surface area contributed by atoms with Crippen molar-refractivity contribution in [3.8, 4) is 0 Å². The van der Waals surface area contributed by atoms with Crippen LogP contribution in [0, 0.1) is 0 Å². The van der Waals surface area contributed by atoms with Crippen molar-refractivity contribution in [2.45, 2.75) is 4.90 Å². The molecule has 0 aliphatic heterocycles. The molecule has 0 spiro atoms. The first-order valence-corrected chi connectivity index (χ1v) is 7.41. The van der Waals surface area contributed by atoms with Crippen LogP contribution in [0.25, 0.3) is 6.08 Å². The van der Waals surface area contributed by atoms with Gasteiger partial charge in [-0.05, 0) is 54.3 Å². The number of allylic oxidation sites excluding steroid dienone is 1. The number of carbonyl (C=O) groups excluding carboxylic acids is 1. The van der Waals surface area contributed by atoms with E-state index in [0.717, 1.165) is 5.56 Å². The summed E-state index contributed by atoms with van der Waals surface area (Å²) in [6, 6.07) is 15.0. The number of hydrogen-bond donors (Lipinski definition) is 0. The van der Waals surface area contributed by atoms with E-state index < -0.39 is 0 Å². The predicted molar refractivity (Wildman–Crippen MR) is 83.0 cm³/mol. The molecule has 96 valence electrons. The zero-order valence-corrected chi connectivity index (χ0v) is 12.0. The van der Waals surface area contributed by atoms with E-state index in [2.05, 4.69) is 0 Å². The highest BCUT2D eigenvalue weighted by Gasteiger charge is 2.00. The highest BCUT2D eigenvalue weighted by atomic mass is 35.5. The minimum absolute atomic E-state index is 0.0226. The van der Waals surface area contributed by atoms with Gasteiger partial charge in [-0.2, -0.15) is 0 Å². The number of thioether (sulfide) groups is 1. The van der Waals surface area contributed by atoms with Crippen molar-refractivity contribution in [1.82, 2.24) is 0 Å². The number of ketones is 1. The van der Waals surface area contributed by atoms with E-state index in [0.29, 0.717) is 10.6 Å². The van der Waals surface area contributed by atoms with Crippen LogP contribution in [0.3, 0.4) is 0 Å². The molecule has 0 amide bonds. The van der Waals surface area contributed by atoms with Gasteiger partial charge in [-0.25, -0.2) is 0 Å².